The number of halogens is 1. The van der Waals surface area contributed by atoms with E-state index < -0.39 is 0 Å². The number of rotatable bonds is 2. The van der Waals surface area contributed by atoms with Crippen LogP contribution >= 0.6 is 0 Å². The van der Waals surface area contributed by atoms with Gasteiger partial charge in [-0.15, -0.1) is 0 Å². The molecule has 4 nitrogen and oxygen atoms in total. The average Bonchev–Trinajstić information content (AvgIpc) is 2.96. The van der Waals surface area contributed by atoms with Crippen molar-refractivity contribution in [3.05, 3.63) is 48.2 Å². The smallest absolute Gasteiger partial charge is 0.230 e. The van der Waals surface area contributed by atoms with Crippen LogP contribution in [0.25, 0.3) is 22.4 Å². The molecule has 1 aromatic carbocycles. The van der Waals surface area contributed by atoms with Gasteiger partial charge in [0.1, 0.15) is 17.3 Å². The summed E-state index contributed by atoms with van der Waals surface area (Å²) in [5, 5.41) is 3.91. The van der Waals surface area contributed by atoms with Gasteiger partial charge >= 0.3 is 0 Å². The van der Waals surface area contributed by atoms with Crippen LogP contribution in [0.5, 0.6) is 0 Å². The predicted molar refractivity (Wildman–Crippen MR) is 68.7 cm³/mol. The summed E-state index contributed by atoms with van der Waals surface area (Å²) in [7, 11) is 0. The number of nitrogen functional groups attached to an aromatic ring is 1. The standard InChI is InChI=1S/C14H11FN2O2/c1-8-9(6-7-18-8)13-12(14(16)19-17-13)10-4-2-3-5-11(10)15/h2-7H,16H2,1H3. The summed E-state index contributed by atoms with van der Waals surface area (Å²) in [4.78, 5) is 0. The minimum atomic E-state index is -0.375. The van der Waals surface area contributed by atoms with E-state index in [-0.39, 0.29) is 11.7 Å². The highest BCUT2D eigenvalue weighted by Gasteiger charge is 2.21. The number of anilines is 1. The van der Waals surface area contributed by atoms with Crippen LogP contribution in [0, 0.1) is 12.7 Å². The maximum atomic E-state index is 13.9. The highest BCUT2D eigenvalue weighted by Crippen LogP contribution is 2.38. The van der Waals surface area contributed by atoms with Crippen molar-refractivity contribution >= 4 is 5.88 Å². The highest BCUT2D eigenvalue weighted by atomic mass is 19.1. The van der Waals surface area contributed by atoms with E-state index in [0.717, 1.165) is 5.56 Å². The van der Waals surface area contributed by atoms with Gasteiger partial charge in [-0.2, -0.15) is 0 Å². The first-order chi connectivity index (χ1) is 9.18. The quantitative estimate of drug-likeness (QED) is 0.762. The zero-order valence-electron chi connectivity index (χ0n) is 10.2. The number of nitrogens with zero attached hydrogens (tertiary/aromatic N) is 1. The molecule has 2 aromatic heterocycles. The van der Waals surface area contributed by atoms with Crippen LogP contribution in [-0.2, 0) is 0 Å². The van der Waals surface area contributed by atoms with E-state index >= 15 is 0 Å². The van der Waals surface area contributed by atoms with Crippen molar-refractivity contribution in [3.63, 3.8) is 0 Å². The molecule has 0 saturated carbocycles. The van der Waals surface area contributed by atoms with E-state index in [1.165, 1.54) is 6.07 Å². The van der Waals surface area contributed by atoms with Crippen molar-refractivity contribution in [2.45, 2.75) is 6.92 Å². The molecule has 0 spiro atoms. The Balaban J connectivity index is 2.26. The zero-order valence-corrected chi connectivity index (χ0v) is 10.2. The molecule has 0 bridgehead atoms. The van der Waals surface area contributed by atoms with Gasteiger partial charge in [-0.1, -0.05) is 23.4 Å². The second-order valence-corrected chi connectivity index (χ2v) is 4.14. The molecule has 19 heavy (non-hydrogen) atoms. The van der Waals surface area contributed by atoms with Gasteiger partial charge in [0, 0.05) is 11.1 Å². The molecule has 3 aromatic rings. The van der Waals surface area contributed by atoms with Crippen molar-refractivity contribution < 1.29 is 13.3 Å². The van der Waals surface area contributed by atoms with E-state index in [1.807, 2.05) is 0 Å². The van der Waals surface area contributed by atoms with E-state index in [2.05, 4.69) is 5.16 Å². The SMILES string of the molecule is Cc1occc1-c1noc(N)c1-c1ccccc1F. The summed E-state index contributed by atoms with van der Waals surface area (Å²) < 4.78 is 24.1. The maximum absolute atomic E-state index is 13.9. The molecule has 0 fully saturated rings. The van der Waals surface area contributed by atoms with Crippen molar-refractivity contribution in [1.82, 2.24) is 5.16 Å². The van der Waals surface area contributed by atoms with Gasteiger partial charge in [0.15, 0.2) is 0 Å². The Bertz CT molecular complexity index is 731. The Morgan fingerprint density at radius 2 is 1.95 bits per heavy atom. The highest BCUT2D eigenvalue weighted by molar-refractivity contribution is 5.87. The first kappa shape index (κ1) is 11.5. The first-order valence-corrected chi connectivity index (χ1v) is 5.73. The molecule has 0 amide bonds. The van der Waals surface area contributed by atoms with E-state index in [4.69, 9.17) is 14.7 Å². The molecular formula is C14H11FN2O2. The number of hydrogen-bond donors (Lipinski definition) is 1. The lowest BCUT2D eigenvalue weighted by Crippen LogP contribution is -1.90. The number of aromatic nitrogens is 1. The normalized spacial score (nSPS) is 10.8. The van der Waals surface area contributed by atoms with Gasteiger partial charge in [-0.05, 0) is 19.1 Å². The van der Waals surface area contributed by atoms with Gasteiger partial charge in [0.25, 0.3) is 0 Å². The number of aryl methyl sites for hydroxylation is 1. The summed E-state index contributed by atoms with van der Waals surface area (Å²) in [5.74, 6) is 0.381. The predicted octanol–water partition coefficient (Wildman–Crippen LogP) is 3.63. The summed E-state index contributed by atoms with van der Waals surface area (Å²) in [5.41, 5.74) is 7.79. The van der Waals surface area contributed by atoms with E-state index in [0.29, 0.717) is 22.6 Å². The monoisotopic (exact) mass is 258 g/mol. The zero-order chi connectivity index (χ0) is 13.4. The van der Waals surface area contributed by atoms with Crippen LogP contribution in [-0.4, -0.2) is 5.16 Å². The fourth-order valence-electron chi connectivity index (χ4n) is 2.04. The fourth-order valence-corrected chi connectivity index (χ4v) is 2.04. The molecule has 0 unspecified atom stereocenters. The number of hydrogen-bond acceptors (Lipinski definition) is 4. The molecule has 0 aliphatic heterocycles. The van der Waals surface area contributed by atoms with Crippen LogP contribution < -0.4 is 5.73 Å². The lowest BCUT2D eigenvalue weighted by atomic mass is 10.0. The first-order valence-electron chi connectivity index (χ1n) is 5.73. The molecule has 0 atom stereocenters. The maximum Gasteiger partial charge on any atom is 0.230 e. The molecule has 0 aliphatic rings. The van der Waals surface area contributed by atoms with Crippen LogP contribution in [0.15, 0.2) is 45.5 Å². The molecule has 0 radical (unpaired) electrons. The Morgan fingerprint density at radius 3 is 2.63 bits per heavy atom. The second-order valence-electron chi connectivity index (χ2n) is 4.14. The van der Waals surface area contributed by atoms with Gasteiger partial charge in [0.05, 0.1) is 11.8 Å². The molecule has 5 heteroatoms. The number of benzene rings is 1. The third-order valence-corrected chi connectivity index (χ3v) is 2.98. The third kappa shape index (κ3) is 1.79. The van der Waals surface area contributed by atoms with Crippen LogP contribution in [0.4, 0.5) is 10.3 Å². The summed E-state index contributed by atoms with van der Waals surface area (Å²) >= 11 is 0. The molecule has 0 aliphatic carbocycles. The third-order valence-electron chi connectivity index (χ3n) is 2.98. The van der Waals surface area contributed by atoms with Gasteiger partial charge in [-0.3, -0.25) is 0 Å². The Kier molecular flexibility index (Phi) is 2.59. The number of furan rings is 1. The Hall–Kier alpha value is -2.56. The molecule has 0 saturated heterocycles. The lowest BCUT2D eigenvalue weighted by Gasteiger charge is -2.03. The molecule has 3 rings (SSSR count). The van der Waals surface area contributed by atoms with Gasteiger partial charge in [-0.25, -0.2) is 4.39 Å². The summed E-state index contributed by atoms with van der Waals surface area (Å²) in [6.45, 7) is 1.80. The Labute approximate surface area is 108 Å². The van der Waals surface area contributed by atoms with Crippen LogP contribution in [0.1, 0.15) is 5.76 Å². The van der Waals surface area contributed by atoms with Crippen LogP contribution in [0.2, 0.25) is 0 Å². The Morgan fingerprint density at radius 1 is 1.16 bits per heavy atom. The molecule has 2 N–H and O–H groups in total. The van der Waals surface area contributed by atoms with Crippen LogP contribution in [0.3, 0.4) is 0 Å². The minimum Gasteiger partial charge on any atom is -0.469 e. The second kappa shape index (κ2) is 4.28. The van der Waals surface area contributed by atoms with Crippen molar-refractivity contribution in [2.75, 3.05) is 5.73 Å². The van der Waals surface area contributed by atoms with Crippen molar-refractivity contribution in [3.8, 4) is 22.4 Å². The van der Waals surface area contributed by atoms with Crippen molar-refractivity contribution in [1.29, 1.82) is 0 Å². The van der Waals surface area contributed by atoms with Crippen molar-refractivity contribution in [2.24, 2.45) is 0 Å². The summed E-state index contributed by atoms with van der Waals surface area (Å²) in [6.07, 6.45) is 1.54. The van der Waals surface area contributed by atoms with E-state index in [1.54, 1.807) is 37.5 Å². The topological polar surface area (TPSA) is 65.2 Å². The minimum absolute atomic E-state index is 0.0840. The molecule has 2 heterocycles. The molecule has 96 valence electrons. The van der Waals surface area contributed by atoms with E-state index in [9.17, 15) is 4.39 Å². The average molecular weight is 258 g/mol. The summed E-state index contributed by atoms with van der Waals surface area (Å²) in [6, 6.07) is 8.10. The largest absolute Gasteiger partial charge is 0.469 e. The van der Waals surface area contributed by atoms with Gasteiger partial charge in [0.2, 0.25) is 5.88 Å². The lowest BCUT2D eigenvalue weighted by molar-refractivity contribution is 0.439. The molecular weight excluding hydrogens is 247 g/mol. The fraction of sp³-hybridized carbons (Fsp3) is 0.0714. The van der Waals surface area contributed by atoms with Gasteiger partial charge < -0.3 is 14.7 Å². The number of nitrogens with two attached hydrogens (primary N) is 1.